The molecule has 6 nitrogen and oxygen atoms in total. The summed E-state index contributed by atoms with van der Waals surface area (Å²) in [5.41, 5.74) is 0.882. The summed E-state index contributed by atoms with van der Waals surface area (Å²) in [7, 11) is 3.01. The van der Waals surface area contributed by atoms with Crippen LogP contribution in [-0.4, -0.2) is 44.6 Å². The van der Waals surface area contributed by atoms with Crippen LogP contribution in [0.2, 0.25) is 0 Å². The standard InChI is InChI=1S/C20H24O6/c1-23-17-5-3-6-18(14-17)26-12-4-11-25-16-9-7-15(8-10-16)13-19(24-2)20(21)22/h3,5-10,14,19H,4,11-13H2,1-2H3,(H,21,22)/t19-/m0/s1. The van der Waals surface area contributed by atoms with E-state index in [0.29, 0.717) is 19.6 Å². The van der Waals surface area contributed by atoms with Crippen LogP contribution in [0.3, 0.4) is 0 Å². The Morgan fingerprint density at radius 1 is 0.962 bits per heavy atom. The summed E-state index contributed by atoms with van der Waals surface area (Å²) < 4.78 is 21.4. The Kier molecular flexibility index (Phi) is 7.76. The van der Waals surface area contributed by atoms with Crippen molar-refractivity contribution >= 4 is 5.97 Å². The first-order valence-corrected chi connectivity index (χ1v) is 8.36. The van der Waals surface area contributed by atoms with E-state index in [1.165, 1.54) is 7.11 Å². The molecule has 2 rings (SSSR count). The Balaban J connectivity index is 1.70. The molecule has 0 aliphatic carbocycles. The highest BCUT2D eigenvalue weighted by Gasteiger charge is 2.16. The maximum absolute atomic E-state index is 11.0. The lowest BCUT2D eigenvalue weighted by Gasteiger charge is -2.11. The quantitative estimate of drug-likeness (QED) is 0.621. The molecule has 140 valence electrons. The first kappa shape index (κ1) is 19.6. The van der Waals surface area contributed by atoms with Gasteiger partial charge >= 0.3 is 5.97 Å². The topological polar surface area (TPSA) is 74.2 Å². The third-order valence-corrected chi connectivity index (χ3v) is 3.77. The van der Waals surface area contributed by atoms with Crippen LogP contribution in [-0.2, 0) is 16.0 Å². The Morgan fingerprint density at radius 3 is 2.23 bits per heavy atom. The molecule has 0 aliphatic rings. The van der Waals surface area contributed by atoms with Crippen molar-refractivity contribution in [2.45, 2.75) is 18.9 Å². The minimum Gasteiger partial charge on any atom is -0.497 e. The first-order valence-electron chi connectivity index (χ1n) is 8.36. The van der Waals surface area contributed by atoms with Gasteiger partial charge < -0.3 is 24.1 Å². The lowest BCUT2D eigenvalue weighted by Crippen LogP contribution is -2.24. The van der Waals surface area contributed by atoms with E-state index in [1.54, 1.807) is 7.11 Å². The van der Waals surface area contributed by atoms with Gasteiger partial charge in [-0.25, -0.2) is 4.79 Å². The van der Waals surface area contributed by atoms with Crippen LogP contribution in [0.15, 0.2) is 48.5 Å². The molecule has 26 heavy (non-hydrogen) atoms. The van der Waals surface area contributed by atoms with Crippen LogP contribution in [0, 0.1) is 0 Å². The fourth-order valence-electron chi connectivity index (χ4n) is 2.34. The smallest absolute Gasteiger partial charge is 0.333 e. The number of carboxylic acids is 1. The molecule has 1 atom stereocenters. The van der Waals surface area contributed by atoms with Crippen molar-refractivity contribution in [3.8, 4) is 17.2 Å². The first-order chi connectivity index (χ1) is 12.6. The second-order valence-corrected chi connectivity index (χ2v) is 5.64. The van der Waals surface area contributed by atoms with Gasteiger partial charge in [0.1, 0.15) is 17.2 Å². The minimum absolute atomic E-state index is 0.320. The number of methoxy groups -OCH3 is 2. The molecule has 0 heterocycles. The molecule has 0 amide bonds. The van der Waals surface area contributed by atoms with Crippen molar-refractivity contribution in [3.05, 3.63) is 54.1 Å². The van der Waals surface area contributed by atoms with Gasteiger partial charge in [-0.1, -0.05) is 18.2 Å². The number of carboxylic acid groups (broad SMARTS) is 1. The van der Waals surface area contributed by atoms with Gasteiger partial charge in [-0.15, -0.1) is 0 Å². The summed E-state index contributed by atoms with van der Waals surface area (Å²) in [6, 6.07) is 14.8. The van der Waals surface area contributed by atoms with Crippen LogP contribution in [0.1, 0.15) is 12.0 Å². The molecule has 6 heteroatoms. The minimum atomic E-state index is -0.969. The molecule has 0 unspecified atom stereocenters. The molecule has 2 aromatic carbocycles. The number of hydrogen-bond acceptors (Lipinski definition) is 5. The molecule has 0 bridgehead atoms. The number of carbonyl (C=O) groups is 1. The fourth-order valence-corrected chi connectivity index (χ4v) is 2.34. The average molecular weight is 360 g/mol. The SMILES string of the molecule is COc1cccc(OCCCOc2ccc(C[C@H](OC)C(=O)O)cc2)c1. The third kappa shape index (κ3) is 6.29. The zero-order valence-corrected chi connectivity index (χ0v) is 15.0. The molecule has 0 radical (unpaired) electrons. The van der Waals surface area contributed by atoms with Gasteiger partial charge in [0, 0.05) is 26.0 Å². The highest BCUT2D eigenvalue weighted by molar-refractivity contribution is 5.72. The van der Waals surface area contributed by atoms with Crippen LogP contribution in [0.5, 0.6) is 17.2 Å². The summed E-state index contributed by atoms with van der Waals surface area (Å²) in [4.78, 5) is 11.0. The molecule has 0 saturated heterocycles. The molecular weight excluding hydrogens is 336 g/mol. The van der Waals surface area contributed by atoms with Crippen molar-refractivity contribution in [2.24, 2.45) is 0 Å². The summed E-state index contributed by atoms with van der Waals surface area (Å²) in [6.07, 6.45) is 0.222. The molecule has 1 N–H and O–H groups in total. The molecule has 2 aromatic rings. The summed E-state index contributed by atoms with van der Waals surface area (Å²) >= 11 is 0. The maximum atomic E-state index is 11.0. The van der Waals surface area contributed by atoms with E-state index >= 15 is 0 Å². The van der Waals surface area contributed by atoms with Gasteiger partial charge in [-0.3, -0.25) is 0 Å². The highest BCUT2D eigenvalue weighted by atomic mass is 16.5. The number of benzene rings is 2. The molecule has 0 spiro atoms. The van der Waals surface area contributed by atoms with Gasteiger partial charge in [-0.2, -0.15) is 0 Å². The van der Waals surface area contributed by atoms with Crippen molar-refractivity contribution in [3.63, 3.8) is 0 Å². The number of hydrogen-bond donors (Lipinski definition) is 1. The van der Waals surface area contributed by atoms with Crippen molar-refractivity contribution < 1.29 is 28.8 Å². The number of ether oxygens (including phenoxy) is 4. The molecule has 0 aromatic heterocycles. The largest absolute Gasteiger partial charge is 0.497 e. The molecular formula is C20H24O6. The van der Waals surface area contributed by atoms with Gasteiger partial charge in [0.25, 0.3) is 0 Å². The predicted octanol–water partition coefficient (Wildman–Crippen LogP) is 3.19. The van der Waals surface area contributed by atoms with Crippen LogP contribution >= 0.6 is 0 Å². The lowest BCUT2D eigenvalue weighted by molar-refractivity contribution is -0.148. The zero-order chi connectivity index (χ0) is 18.8. The summed E-state index contributed by atoms with van der Waals surface area (Å²) in [6.45, 7) is 1.07. The molecule has 0 aliphatic heterocycles. The molecule has 0 fully saturated rings. The Hall–Kier alpha value is -2.73. The van der Waals surface area contributed by atoms with E-state index in [9.17, 15) is 4.79 Å². The normalized spacial score (nSPS) is 11.6. The fraction of sp³-hybridized carbons (Fsp3) is 0.350. The van der Waals surface area contributed by atoms with Gasteiger partial charge in [-0.05, 0) is 29.8 Å². The van der Waals surface area contributed by atoms with E-state index < -0.39 is 12.1 Å². The van der Waals surface area contributed by atoms with E-state index in [2.05, 4.69) is 0 Å². The van der Waals surface area contributed by atoms with Gasteiger partial charge in [0.2, 0.25) is 0 Å². The van der Waals surface area contributed by atoms with Crippen molar-refractivity contribution in [2.75, 3.05) is 27.4 Å². The Morgan fingerprint density at radius 2 is 1.62 bits per heavy atom. The maximum Gasteiger partial charge on any atom is 0.333 e. The zero-order valence-electron chi connectivity index (χ0n) is 15.0. The average Bonchev–Trinajstić information content (AvgIpc) is 2.66. The van der Waals surface area contributed by atoms with E-state index in [4.69, 9.17) is 24.1 Å². The van der Waals surface area contributed by atoms with Crippen molar-refractivity contribution in [1.29, 1.82) is 0 Å². The lowest BCUT2D eigenvalue weighted by atomic mass is 10.1. The Bertz CT molecular complexity index is 683. The highest BCUT2D eigenvalue weighted by Crippen LogP contribution is 2.19. The third-order valence-electron chi connectivity index (χ3n) is 3.77. The monoisotopic (exact) mass is 360 g/mol. The van der Waals surface area contributed by atoms with E-state index in [-0.39, 0.29) is 0 Å². The van der Waals surface area contributed by atoms with Crippen LogP contribution in [0.4, 0.5) is 0 Å². The van der Waals surface area contributed by atoms with Gasteiger partial charge in [0.15, 0.2) is 6.10 Å². The van der Waals surface area contributed by atoms with Gasteiger partial charge in [0.05, 0.1) is 20.3 Å². The number of rotatable bonds is 11. The second kappa shape index (κ2) is 10.3. The van der Waals surface area contributed by atoms with Crippen LogP contribution in [0.25, 0.3) is 0 Å². The van der Waals surface area contributed by atoms with E-state index in [0.717, 1.165) is 29.2 Å². The summed E-state index contributed by atoms with van der Waals surface area (Å²) in [5, 5.41) is 9.00. The Labute approximate surface area is 153 Å². The predicted molar refractivity (Wildman–Crippen MR) is 97.2 cm³/mol. The number of aliphatic carboxylic acids is 1. The van der Waals surface area contributed by atoms with Crippen molar-refractivity contribution in [1.82, 2.24) is 0 Å². The van der Waals surface area contributed by atoms with E-state index in [1.807, 2.05) is 48.5 Å². The van der Waals surface area contributed by atoms with Crippen LogP contribution < -0.4 is 14.2 Å². The summed E-state index contributed by atoms with van der Waals surface area (Å²) in [5.74, 6) is 1.29. The second-order valence-electron chi connectivity index (χ2n) is 5.64. The molecule has 0 saturated carbocycles.